The first kappa shape index (κ1) is 15.3. The molecular formula is C18H13F2N3O2. The summed E-state index contributed by atoms with van der Waals surface area (Å²) in [6.45, 7) is 0. The number of nitrogens with zero attached hydrogens (tertiary/aromatic N) is 2. The van der Waals surface area contributed by atoms with Gasteiger partial charge >= 0.3 is 0 Å². The summed E-state index contributed by atoms with van der Waals surface area (Å²) in [7, 11) is 0. The molecule has 1 aliphatic heterocycles. The van der Waals surface area contributed by atoms with Gasteiger partial charge in [-0.05, 0) is 29.8 Å². The number of imidazole rings is 1. The number of carbonyl (C=O) groups excluding carboxylic acids is 1. The minimum absolute atomic E-state index is 0.0365. The first-order valence-electron chi connectivity index (χ1n) is 7.64. The quantitative estimate of drug-likeness (QED) is 0.751. The number of rotatable bonds is 2. The van der Waals surface area contributed by atoms with E-state index in [4.69, 9.17) is 0 Å². The van der Waals surface area contributed by atoms with Gasteiger partial charge in [0.15, 0.2) is 0 Å². The van der Waals surface area contributed by atoms with E-state index in [0.717, 1.165) is 23.8 Å². The van der Waals surface area contributed by atoms with Gasteiger partial charge < -0.3 is 10.4 Å². The van der Waals surface area contributed by atoms with E-state index in [1.165, 1.54) is 17.0 Å². The third kappa shape index (κ3) is 2.63. The van der Waals surface area contributed by atoms with Crippen molar-refractivity contribution in [2.45, 2.75) is 12.3 Å². The number of benzene rings is 2. The first-order valence-corrected chi connectivity index (χ1v) is 7.64. The SMILES string of the molecule is O=C1CC(c2cccc(O)c2)c2ncn(-c3cc(F)ccc3F)c2N1. The van der Waals surface area contributed by atoms with Crippen LogP contribution in [0.1, 0.15) is 23.6 Å². The lowest BCUT2D eigenvalue weighted by molar-refractivity contribution is -0.116. The largest absolute Gasteiger partial charge is 0.508 e. The number of amides is 1. The summed E-state index contributed by atoms with van der Waals surface area (Å²) in [4.78, 5) is 16.4. The van der Waals surface area contributed by atoms with Crippen molar-refractivity contribution in [2.24, 2.45) is 0 Å². The number of hydrogen-bond donors (Lipinski definition) is 2. The Labute approximate surface area is 141 Å². The van der Waals surface area contributed by atoms with Crippen molar-refractivity contribution in [1.82, 2.24) is 9.55 Å². The number of phenols is 1. The van der Waals surface area contributed by atoms with Gasteiger partial charge in [-0.3, -0.25) is 9.36 Å². The molecule has 1 unspecified atom stereocenters. The molecule has 3 aromatic rings. The summed E-state index contributed by atoms with van der Waals surface area (Å²) < 4.78 is 29.0. The van der Waals surface area contributed by atoms with Gasteiger partial charge in [-0.2, -0.15) is 0 Å². The van der Waals surface area contributed by atoms with Gasteiger partial charge in [-0.1, -0.05) is 12.1 Å². The molecule has 1 aliphatic rings. The summed E-state index contributed by atoms with van der Waals surface area (Å²) in [6, 6.07) is 9.66. The van der Waals surface area contributed by atoms with Crippen LogP contribution in [0.2, 0.25) is 0 Å². The molecule has 5 nitrogen and oxygen atoms in total. The Morgan fingerprint density at radius 2 is 2.04 bits per heavy atom. The first-order chi connectivity index (χ1) is 12.0. The van der Waals surface area contributed by atoms with Crippen molar-refractivity contribution in [3.8, 4) is 11.4 Å². The van der Waals surface area contributed by atoms with E-state index < -0.39 is 11.6 Å². The average molecular weight is 341 g/mol. The molecule has 1 aromatic heterocycles. The second-order valence-electron chi connectivity index (χ2n) is 5.84. The summed E-state index contributed by atoms with van der Waals surface area (Å²) in [6.07, 6.45) is 1.50. The van der Waals surface area contributed by atoms with Gasteiger partial charge in [0.2, 0.25) is 5.91 Å². The molecule has 2 N–H and O–H groups in total. The predicted octanol–water partition coefficient (Wildman–Crippen LogP) is 3.33. The third-order valence-corrected chi connectivity index (χ3v) is 4.21. The standard InChI is InChI=1S/C18H13F2N3O2/c19-11-4-5-14(20)15(7-11)23-9-21-17-13(8-16(25)22-18(17)23)10-2-1-3-12(24)6-10/h1-7,9,13,24H,8H2,(H,22,25). The summed E-state index contributed by atoms with van der Waals surface area (Å²) in [5.41, 5.74) is 1.22. The summed E-state index contributed by atoms with van der Waals surface area (Å²) >= 11 is 0. The Bertz CT molecular complexity index is 984. The average Bonchev–Trinajstić information content (AvgIpc) is 3.00. The van der Waals surface area contributed by atoms with Crippen LogP contribution in [-0.2, 0) is 4.79 Å². The molecule has 7 heteroatoms. The molecule has 0 saturated carbocycles. The number of anilines is 1. The third-order valence-electron chi connectivity index (χ3n) is 4.21. The highest BCUT2D eigenvalue weighted by atomic mass is 19.1. The molecule has 2 aromatic carbocycles. The number of aromatic nitrogens is 2. The van der Waals surface area contributed by atoms with Crippen LogP contribution < -0.4 is 5.32 Å². The number of hydrogen-bond acceptors (Lipinski definition) is 3. The minimum Gasteiger partial charge on any atom is -0.508 e. The number of phenolic OH excluding ortho intramolecular Hbond substituents is 1. The van der Waals surface area contributed by atoms with E-state index in [0.29, 0.717) is 11.5 Å². The van der Waals surface area contributed by atoms with Crippen LogP contribution in [0.25, 0.3) is 5.69 Å². The lowest BCUT2D eigenvalue weighted by Gasteiger charge is -2.23. The smallest absolute Gasteiger partial charge is 0.226 e. The Kier molecular flexibility index (Phi) is 3.49. The molecule has 0 radical (unpaired) electrons. The van der Waals surface area contributed by atoms with Gasteiger partial charge in [-0.25, -0.2) is 13.8 Å². The molecule has 25 heavy (non-hydrogen) atoms. The van der Waals surface area contributed by atoms with Crippen LogP contribution in [0, 0.1) is 11.6 Å². The second kappa shape index (κ2) is 5.70. The maximum atomic E-state index is 14.1. The van der Waals surface area contributed by atoms with E-state index in [1.807, 2.05) is 0 Å². The maximum absolute atomic E-state index is 14.1. The zero-order valence-corrected chi connectivity index (χ0v) is 12.9. The molecule has 0 fully saturated rings. The zero-order chi connectivity index (χ0) is 17.6. The molecule has 126 valence electrons. The van der Waals surface area contributed by atoms with Crippen LogP contribution in [-0.4, -0.2) is 20.6 Å². The van der Waals surface area contributed by atoms with E-state index in [2.05, 4.69) is 10.3 Å². The molecule has 0 aliphatic carbocycles. The topological polar surface area (TPSA) is 67.1 Å². The van der Waals surface area contributed by atoms with E-state index >= 15 is 0 Å². The second-order valence-corrected chi connectivity index (χ2v) is 5.84. The number of fused-ring (bicyclic) bond motifs is 1. The molecule has 0 saturated heterocycles. The highest BCUT2D eigenvalue weighted by molar-refractivity contribution is 5.94. The zero-order valence-electron chi connectivity index (χ0n) is 12.9. The van der Waals surface area contributed by atoms with Crippen molar-refractivity contribution in [2.75, 3.05) is 5.32 Å². The monoisotopic (exact) mass is 341 g/mol. The number of aromatic hydroxyl groups is 1. The van der Waals surface area contributed by atoms with Crippen LogP contribution in [0.3, 0.4) is 0 Å². The normalized spacial score (nSPS) is 16.4. The van der Waals surface area contributed by atoms with Gasteiger partial charge in [-0.15, -0.1) is 0 Å². The van der Waals surface area contributed by atoms with Gasteiger partial charge in [0.05, 0.1) is 11.4 Å². The molecule has 0 spiro atoms. The fourth-order valence-corrected chi connectivity index (χ4v) is 3.08. The van der Waals surface area contributed by atoms with E-state index in [-0.39, 0.29) is 29.7 Å². The summed E-state index contributed by atoms with van der Waals surface area (Å²) in [5.74, 6) is -1.48. The molecule has 1 amide bonds. The minimum atomic E-state index is -0.629. The van der Waals surface area contributed by atoms with Gasteiger partial charge in [0.1, 0.15) is 29.5 Å². The van der Waals surface area contributed by atoms with Gasteiger partial charge in [0.25, 0.3) is 0 Å². The number of halogens is 2. The van der Waals surface area contributed by atoms with Crippen LogP contribution >= 0.6 is 0 Å². The molecular weight excluding hydrogens is 328 g/mol. The van der Waals surface area contributed by atoms with Crippen LogP contribution in [0.15, 0.2) is 48.8 Å². The molecule has 2 heterocycles. The molecule has 1 atom stereocenters. The van der Waals surface area contributed by atoms with Crippen LogP contribution in [0.4, 0.5) is 14.6 Å². The van der Waals surface area contributed by atoms with Crippen molar-refractivity contribution in [3.05, 3.63) is 71.7 Å². The maximum Gasteiger partial charge on any atom is 0.226 e. The van der Waals surface area contributed by atoms with Crippen molar-refractivity contribution >= 4 is 11.7 Å². The highest BCUT2D eigenvalue weighted by Gasteiger charge is 2.31. The Hall–Kier alpha value is -3.22. The van der Waals surface area contributed by atoms with Crippen molar-refractivity contribution in [3.63, 3.8) is 0 Å². The highest BCUT2D eigenvalue weighted by Crippen LogP contribution is 2.38. The molecule has 0 bridgehead atoms. The fraction of sp³-hybridized carbons (Fsp3) is 0.111. The number of carbonyl (C=O) groups is 1. The van der Waals surface area contributed by atoms with Crippen molar-refractivity contribution < 1.29 is 18.7 Å². The van der Waals surface area contributed by atoms with E-state index in [1.54, 1.807) is 18.2 Å². The van der Waals surface area contributed by atoms with Crippen molar-refractivity contribution in [1.29, 1.82) is 0 Å². The predicted molar refractivity (Wildman–Crippen MR) is 86.7 cm³/mol. The summed E-state index contributed by atoms with van der Waals surface area (Å²) in [5, 5.41) is 12.4. The number of nitrogens with one attached hydrogen (secondary N) is 1. The molecule has 4 rings (SSSR count). The Morgan fingerprint density at radius 1 is 1.20 bits per heavy atom. The van der Waals surface area contributed by atoms with Crippen LogP contribution in [0.5, 0.6) is 5.75 Å². The lowest BCUT2D eigenvalue weighted by atomic mass is 9.90. The Morgan fingerprint density at radius 3 is 2.84 bits per heavy atom. The van der Waals surface area contributed by atoms with E-state index in [9.17, 15) is 18.7 Å². The Balaban J connectivity index is 1.86. The fourth-order valence-electron chi connectivity index (χ4n) is 3.08. The lowest BCUT2D eigenvalue weighted by Crippen LogP contribution is -2.25. The van der Waals surface area contributed by atoms with Gasteiger partial charge in [0, 0.05) is 18.4 Å².